The van der Waals surface area contributed by atoms with Crippen molar-refractivity contribution in [1.29, 1.82) is 0 Å². The number of halogens is 1. The summed E-state index contributed by atoms with van der Waals surface area (Å²) in [6.07, 6.45) is 0.448. The molecule has 1 aromatic rings. The molecule has 2 amide bonds. The summed E-state index contributed by atoms with van der Waals surface area (Å²) in [5.74, 6) is -2.45. The highest BCUT2D eigenvalue weighted by Crippen LogP contribution is 2.24. The molecule has 1 aromatic carbocycles. The summed E-state index contributed by atoms with van der Waals surface area (Å²) in [7, 11) is 1.49. The van der Waals surface area contributed by atoms with Crippen LogP contribution in [-0.2, 0) is 14.4 Å². The first-order valence-corrected chi connectivity index (χ1v) is 8.22. The summed E-state index contributed by atoms with van der Waals surface area (Å²) in [6.45, 7) is 1.54. The van der Waals surface area contributed by atoms with E-state index in [4.69, 9.17) is 0 Å². The number of carboxylic acids is 1. The van der Waals surface area contributed by atoms with Crippen molar-refractivity contribution in [1.82, 2.24) is 10.3 Å². The molecule has 2 N–H and O–H groups in total. The molecule has 1 heterocycles. The number of nitrogens with zero attached hydrogens (tertiary/aromatic N) is 2. The molecule has 0 bridgehead atoms. The van der Waals surface area contributed by atoms with Crippen molar-refractivity contribution in [2.45, 2.75) is 25.8 Å². The van der Waals surface area contributed by atoms with E-state index < -0.39 is 23.8 Å². The van der Waals surface area contributed by atoms with Crippen LogP contribution in [0.3, 0.4) is 0 Å². The zero-order valence-corrected chi connectivity index (χ0v) is 14.9. The van der Waals surface area contributed by atoms with Crippen LogP contribution in [0.5, 0.6) is 0 Å². The fourth-order valence-corrected chi connectivity index (χ4v) is 2.63. The maximum absolute atomic E-state index is 12.4. The Kier molecular flexibility index (Phi) is 5.71. The third-order valence-corrected chi connectivity index (χ3v) is 4.40. The van der Waals surface area contributed by atoms with Crippen LogP contribution in [0.25, 0.3) is 0 Å². The van der Waals surface area contributed by atoms with E-state index in [2.05, 4.69) is 26.3 Å². The summed E-state index contributed by atoms with van der Waals surface area (Å²) in [6, 6.07) is 6.38. The smallest absolute Gasteiger partial charge is 0.308 e. The van der Waals surface area contributed by atoms with Gasteiger partial charge in [-0.15, -0.1) is 0 Å². The Morgan fingerprint density at radius 1 is 1.29 bits per heavy atom. The molecule has 2 unspecified atom stereocenters. The largest absolute Gasteiger partial charge is 0.481 e. The van der Waals surface area contributed by atoms with Crippen LogP contribution in [0, 0.1) is 5.92 Å². The molecule has 128 valence electrons. The molecule has 0 saturated carbocycles. The van der Waals surface area contributed by atoms with E-state index in [1.807, 2.05) is 0 Å². The van der Waals surface area contributed by atoms with Gasteiger partial charge in [0, 0.05) is 24.4 Å². The Bertz CT molecular complexity index is 687. The number of hydrogen-bond acceptors (Lipinski definition) is 4. The van der Waals surface area contributed by atoms with Gasteiger partial charge in [0.2, 0.25) is 5.91 Å². The Hall–Kier alpha value is -2.22. The van der Waals surface area contributed by atoms with Crippen molar-refractivity contribution in [2.24, 2.45) is 11.0 Å². The van der Waals surface area contributed by atoms with Crippen molar-refractivity contribution in [3.63, 3.8) is 0 Å². The van der Waals surface area contributed by atoms with E-state index in [0.717, 1.165) is 9.48 Å². The number of nitrogens with one attached hydrogen (secondary N) is 1. The third-order valence-electron chi connectivity index (χ3n) is 3.87. The predicted octanol–water partition coefficient (Wildman–Crippen LogP) is 1.94. The average molecular weight is 396 g/mol. The van der Waals surface area contributed by atoms with Gasteiger partial charge in [-0.1, -0.05) is 28.1 Å². The molecule has 1 aliphatic heterocycles. The number of carbonyl (C=O) groups is 3. The van der Waals surface area contributed by atoms with Crippen molar-refractivity contribution in [3.05, 3.63) is 34.3 Å². The fraction of sp³-hybridized carbons (Fsp3) is 0.375. The number of aliphatic carboxylic acids is 1. The van der Waals surface area contributed by atoms with Gasteiger partial charge in [0.25, 0.3) is 5.91 Å². The van der Waals surface area contributed by atoms with E-state index in [1.54, 1.807) is 24.3 Å². The minimum absolute atomic E-state index is 0.157. The zero-order valence-electron chi connectivity index (χ0n) is 13.3. The van der Waals surface area contributed by atoms with Crippen molar-refractivity contribution >= 4 is 39.4 Å². The molecular formula is C16H18BrN3O4. The molecule has 2 atom stereocenters. The Balaban J connectivity index is 2.23. The van der Waals surface area contributed by atoms with Gasteiger partial charge in [-0.2, -0.15) is 5.10 Å². The molecule has 7 nitrogen and oxygen atoms in total. The number of benzene rings is 1. The topological polar surface area (TPSA) is 99.1 Å². The monoisotopic (exact) mass is 395 g/mol. The van der Waals surface area contributed by atoms with Gasteiger partial charge >= 0.3 is 5.97 Å². The highest BCUT2D eigenvalue weighted by atomic mass is 79.9. The molecule has 0 saturated heterocycles. The van der Waals surface area contributed by atoms with Gasteiger partial charge in [0.15, 0.2) is 0 Å². The molecule has 0 aromatic heterocycles. The lowest BCUT2D eigenvalue weighted by atomic mass is 9.94. The normalized spacial score (nSPS) is 17.0. The molecule has 0 fully saturated rings. The van der Waals surface area contributed by atoms with E-state index in [1.165, 1.54) is 14.0 Å². The predicted molar refractivity (Wildman–Crippen MR) is 91.3 cm³/mol. The minimum atomic E-state index is -1.01. The van der Waals surface area contributed by atoms with Crippen LogP contribution in [0.2, 0.25) is 0 Å². The number of hydrazone groups is 1. The van der Waals surface area contributed by atoms with Crippen LogP contribution >= 0.6 is 15.9 Å². The molecule has 2 rings (SSSR count). The number of amides is 2. The van der Waals surface area contributed by atoms with Crippen LogP contribution in [0.4, 0.5) is 0 Å². The fourth-order valence-electron chi connectivity index (χ4n) is 2.37. The molecule has 0 spiro atoms. The van der Waals surface area contributed by atoms with E-state index in [0.29, 0.717) is 5.56 Å². The lowest BCUT2D eigenvalue weighted by Gasteiger charge is -2.25. The Morgan fingerprint density at radius 3 is 2.46 bits per heavy atom. The molecular weight excluding hydrogens is 378 g/mol. The summed E-state index contributed by atoms with van der Waals surface area (Å²) < 4.78 is 0.857. The van der Waals surface area contributed by atoms with E-state index in [-0.39, 0.29) is 24.5 Å². The number of carboxylic acid groups (broad SMARTS) is 1. The number of carbonyl (C=O) groups excluding carboxylic acids is 2. The molecule has 24 heavy (non-hydrogen) atoms. The van der Waals surface area contributed by atoms with Gasteiger partial charge in [0.1, 0.15) is 5.71 Å². The lowest BCUT2D eigenvalue weighted by molar-refractivity contribution is -0.142. The highest BCUT2D eigenvalue weighted by molar-refractivity contribution is 9.10. The van der Waals surface area contributed by atoms with Gasteiger partial charge in [-0.25, -0.2) is 5.01 Å². The first-order valence-electron chi connectivity index (χ1n) is 7.42. The standard InChI is InChI=1S/C16H18BrN3O4/c1-9(16(23)24)14(10-3-5-11(17)6-4-10)18-15(22)12-7-8-13(21)20(2)19-12/h3-6,9,14H,7-8H2,1-2H3,(H,18,22)(H,23,24). The van der Waals surface area contributed by atoms with Crippen LogP contribution < -0.4 is 5.32 Å². The van der Waals surface area contributed by atoms with Crippen molar-refractivity contribution < 1.29 is 19.5 Å². The summed E-state index contributed by atoms with van der Waals surface area (Å²) in [5, 5.41) is 17.2. The Morgan fingerprint density at radius 2 is 1.92 bits per heavy atom. The van der Waals surface area contributed by atoms with Gasteiger partial charge in [-0.05, 0) is 24.6 Å². The first kappa shape index (κ1) is 18.1. The van der Waals surface area contributed by atoms with Crippen LogP contribution in [0.15, 0.2) is 33.8 Å². The maximum Gasteiger partial charge on any atom is 0.308 e. The number of hydrogen-bond donors (Lipinski definition) is 2. The highest BCUT2D eigenvalue weighted by Gasteiger charge is 2.29. The quantitative estimate of drug-likeness (QED) is 0.795. The Labute approximate surface area is 147 Å². The zero-order chi connectivity index (χ0) is 17.9. The first-order chi connectivity index (χ1) is 11.3. The van der Waals surface area contributed by atoms with Crippen molar-refractivity contribution in [2.75, 3.05) is 7.05 Å². The average Bonchev–Trinajstić information content (AvgIpc) is 2.55. The van der Waals surface area contributed by atoms with Crippen LogP contribution in [-0.4, -0.2) is 40.7 Å². The summed E-state index contributed by atoms with van der Waals surface area (Å²) >= 11 is 3.33. The molecule has 8 heteroatoms. The third kappa shape index (κ3) is 4.19. The second-order valence-electron chi connectivity index (χ2n) is 5.59. The van der Waals surface area contributed by atoms with Crippen LogP contribution in [0.1, 0.15) is 31.4 Å². The van der Waals surface area contributed by atoms with Gasteiger partial charge in [0.05, 0.1) is 12.0 Å². The summed E-state index contributed by atoms with van der Waals surface area (Å²) in [4.78, 5) is 35.3. The van der Waals surface area contributed by atoms with Gasteiger partial charge < -0.3 is 10.4 Å². The summed E-state index contributed by atoms with van der Waals surface area (Å²) in [5.41, 5.74) is 0.902. The lowest BCUT2D eigenvalue weighted by Crippen LogP contribution is -2.42. The second kappa shape index (κ2) is 7.57. The second-order valence-corrected chi connectivity index (χ2v) is 6.51. The number of rotatable bonds is 5. The minimum Gasteiger partial charge on any atom is -0.481 e. The van der Waals surface area contributed by atoms with Crippen molar-refractivity contribution in [3.8, 4) is 0 Å². The van der Waals surface area contributed by atoms with E-state index >= 15 is 0 Å². The van der Waals surface area contributed by atoms with Gasteiger partial charge in [-0.3, -0.25) is 14.4 Å². The molecule has 0 radical (unpaired) electrons. The van der Waals surface area contributed by atoms with E-state index in [9.17, 15) is 19.5 Å². The maximum atomic E-state index is 12.4. The SMILES string of the molecule is CC(C(=O)O)C(NC(=O)C1=NN(C)C(=O)CC1)c1ccc(Br)cc1. The molecule has 1 aliphatic rings. The molecule has 0 aliphatic carbocycles.